The molecule has 1 amide bonds. The quantitative estimate of drug-likeness (QED) is 0.462. The van der Waals surface area contributed by atoms with Crippen LogP contribution in [-0.2, 0) is 6.18 Å². The lowest BCUT2D eigenvalue weighted by molar-refractivity contribution is -0.139. The van der Waals surface area contributed by atoms with Crippen LogP contribution in [0.15, 0.2) is 30.5 Å². The summed E-state index contributed by atoms with van der Waals surface area (Å²) in [5, 5.41) is 9.68. The summed E-state index contributed by atoms with van der Waals surface area (Å²) in [4.78, 5) is 20.1. The highest BCUT2D eigenvalue weighted by molar-refractivity contribution is 6.18. The van der Waals surface area contributed by atoms with Crippen molar-refractivity contribution in [3.63, 3.8) is 0 Å². The minimum absolute atomic E-state index is 0.0254. The fourth-order valence-electron chi connectivity index (χ4n) is 3.75. The molecule has 0 radical (unpaired) electrons. The van der Waals surface area contributed by atoms with Crippen LogP contribution in [0.2, 0.25) is 0 Å². The molecular weight excluding hydrogens is 399 g/mol. The van der Waals surface area contributed by atoms with Crippen molar-refractivity contribution in [1.82, 2.24) is 14.5 Å². The Balaban J connectivity index is 2.38. The van der Waals surface area contributed by atoms with Crippen LogP contribution < -0.4 is 11.5 Å². The molecule has 0 aliphatic rings. The number of halogens is 3. The van der Waals surface area contributed by atoms with Gasteiger partial charge < -0.3 is 16.6 Å². The van der Waals surface area contributed by atoms with Gasteiger partial charge in [-0.25, -0.2) is 4.98 Å². The molecule has 0 saturated heterocycles. The molecule has 0 saturated carbocycles. The maximum atomic E-state index is 13.9. The van der Waals surface area contributed by atoms with E-state index in [1.807, 2.05) is 0 Å². The molecule has 7 nitrogen and oxygen atoms in total. The van der Waals surface area contributed by atoms with Crippen LogP contribution in [0.25, 0.3) is 27.6 Å². The van der Waals surface area contributed by atoms with Gasteiger partial charge in [0.1, 0.15) is 17.1 Å². The number of carbonyl (C=O) groups is 1. The van der Waals surface area contributed by atoms with Gasteiger partial charge in [0.2, 0.25) is 0 Å². The highest BCUT2D eigenvalue weighted by Crippen LogP contribution is 2.43. The van der Waals surface area contributed by atoms with E-state index in [9.17, 15) is 23.1 Å². The molecule has 0 aliphatic carbocycles. The third-order valence-corrected chi connectivity index (χ3v) is 5.03. The maximum absolute atomic E-state index is 13.9. The van der Waals surface area contributed by atoms with Gasteiger partial charge in [-0.3, -0.25) is 14.3 Å². The fraction of sp³-hybridized carbons (Fsp3) is 0.150. The molecule has 0 aliphatic heterocycles. The zero-order chi connectivity index (χ0) is 22.0. The van der Waals surface area contributed by atoms with Crippen molar-refractivity contribution in [2.75, 3.05) is 5.73 Å². The highest BCUT2D eigenvalue weighted by Gasteiger charge is 2.39. The minimum atomic E-state index is -4.88. The lowest BCUT2D eigenvalue weighted by atomic mass is 10.1. The number of primary amides is 1. The van der Waals surface area contributed by atoms with Gasteiger partial charge in [0.05, 0.1) is 22.3 Å². The normalized spacial score (nSPS) is 12.0. The number of aromatic hydroxyl groups is 1. The minimum Gasteiger partial charge on any atom is -0.508 e. The molecule has 0 unspecified atom stereocenters. The molecule has 1 aromatic carbocycles. The Kier molecular flexibility index (Phi) is 4.12. The van der Waals surface area contributed by atoms with E-state index in [0.717, 1.165) is 0 Å². The highest BCUT2D eigenvalue weighted by atomic mass is 19.4. The summed E-state index contributed by atoms with van der Waals surface area (Å²) in [5.74, 6) is -1.51. The molecule has 0 fully saturated rings. The van der Waals surface area contributed by atoms with Gasteiger partial charge in [0.25, 0.3) is 5.91 Å². The largest absolute Gasteiger partial charge is 0.508 e. The van der Waals surface area contributed by atoms with Gasteiger partial charge in [0.15, 0.2) is 5.69 Å². The Labute approximate surface area is 167 Å². The molecule has 3 heterocycles. The molecule has 4 aromatic rings. The van der Waals surface area contributed by atoms with Gasteiger partial charge in [-0.2, -0.15) is 13.2 Å². The van der Waals surface area contributed by atoms with E-state index in [4.69, 9.17) is 11.5 Å². The Morgan fingerprint density at radius 3 is 2.53 bits per heavy atom. The second-order valence-electron chi connectivity index (χ2n) is 6.89. The van der Waals surface area contributed by atoms with Gasteiger partial charge in [-0.05, 0) is 37.6 Å². The number of phenols is 1. The SMILES string of the molecule is Cc1ccc(O)c(C)c1-n1c(N)c(C(N)=O)c2c(C(F)(F)F)nc3cccnc3c21. The van der Waals surface area contributed by atoms with E-state index in [1.165, 1.54) is 29.0 Å². The van der Waals surface area contributed by atoms with Gasteiger partial charge in [-0.15, -0.1) is 0 Å². The average molecular weight is 415 g/mol. The summed E-state index contributed by atoms with van der Waals surface area (Å²) in [7, 11) is 0. The number of hydrogen-bond acceptors (Lipinski definition) is 5. The van der Waals surface area contributed by atoms with E-state index < -0.39 is 28.7 Å². The number of hydrogen-bond donors (Lipinski definition) is 3. The first kappa shape index (κ1) is 19.5. The second kappa shape index (κ2) is 6.34. The van der Waals surface area contributed by atoms with Crippen molar-refractivity contribution in [3.05, 3.63) is 52.8 Å². The summed E-state index contributed by atoms with van der Waals surface area (Å²) in [6.45, 7) is 3.30. The van der Waals surface area contributed by atoms with Crippen molar-refractivity contribution in [3.8, 4) is 11.4 Å². The van der Waals surface area contributed by atoms with Crippen LogP contribution >= 0.6 is 0 Å². The lowest BCUT2D eigenvalue weighted by Crippen LogP contribution is -2.16. The zero-order valence-corrected chi connectivity index (χ0v) is 15.9. The summed E-state index contributed by atoms with van der Waals surface area (Å²) >= 11 is 0. The molecule has 0 bridgehead atoms. The molecule has 0 atom stereocenters. The Morgan fingerprint density at radius 2 is 1.90 bits per heavy atom. The number of nitrogen functional groups attached to an aromatic ring is 1. The molecule has 3 aromatic heterocycles. The van der Waals surface area contributed by atoms with E-state index in [0.29, 0.717) is 16.8 Å². The van der Waals surface area contributed by atoms with E-state index >= 15 is 0 Å². The van der Waals surface area contributed by atoms with Gasteiger partial charge in [0, 0.05) is 17.1 Å². The summed E-state index contributed by atoms with van der Waals surface area (Å²) in [6, 6.07) is 5.90. The summed E-state index contributed by atoms with van der Waals surface area (Å²) in [6.07, 6.45) is -3.48. The second-order valence-corrected chi connectivity index (χ2v) is 6.89. The number of nitrogens with zero attached hydrogens (tertiary/aromatic N) is 3. The number of pyridine rings is 2. The monoisotopic (exact) mass is 415 g/mol. The first-order valence-electron chi connectivity index (χ1n) is 8.79. The lowest BCUT2D eigenvalue weighted by Gasteiger charge is -2.17. The number of anilines is 1. The number of rotatable bonds is 2. The van der Waals surface area contributed by atoms with Crippen molar-refractivity contribution in [2.24, 2.45) is 5.73 Å². The number of amides is 1. The van der Waals surface area contributed by atoms with Crippen molar-refractivity contribution >= 4 is 33.7 Å². The van der Waals surface area contributed by atoms with Gasteiger partial charge >= 0.3 is 6.18 Å². The van der Waals surface area contributed by atoms with Gasteiger partial charge in [-0.1, -0.05) is 6.07 Å². The fourth-order valence-corrected chi connectivity index (χ4v) is 3.75. The van der Waals surface area contributed by atoms with Crippen LogP contribution in [0, 0.1) is 13.8 Å². The van der Waals surface area contributed by atoms with Crippen LogP contribution in [0.1, 0.15) is 27.2 Å². The third-order valence-electron chi connectivity index (χ3n) is 5.03. The smallest absolute Gasteiger partial charge is 0.434 e. The standard InChI is InChI=1S/C20H16F3N5O2/c1-8-5-6-11(29)9(2)15(8)28-16-12(13(18(28)24)19(25)30)17(20(21,22)23)27-10-4-3-7-26-14(10)16/h3-7,29H,24H2,1-2H3,(H2,25,30). The Hall–Kier alpha value is -3.82. The van der Waals surface area contributed by atoms with Crippen molar-refractivity contribution in [2.45, 2.75) is 20.0 Å². The van der Waals surface area contributed by atoms with Crippen molar-refractivity contribution in [1.29, 1.82) is 0 Å². The molecule has 5 N–H and O–H groups in total. The predicted molar refractivity (Wildman–Crippen MR) is 105 cm³/mol. The predicted octanol–water partition coefficient (Wildman–Crippen LogP) is 3.60. The maximum Gasteiger partial charge on any atom is 0.434 e. The average Bonchev–Trinajstić information content (AvgIpc) is 2.97. The summed E-state index contributed by atoms with van der Waals surface area (Å²) in [5.41, 5.74) is 11.2. The number of alkyl halides is 3. The number of phenolic OH excluding ortho intramolecular Hbond substituents is 1. The van der Waals surface area contributed by atoms with E-state index in [-0.39, 0.29) is 28.1 Å². The summed E-state index contributed by atoms with van der Waals surface area (Å²) < 4.78 is 43.1. The number of nitrogens with two attached hydrogens (primary N) is 2. The topological polar surface area (TPSA) is 120 Å². The first-order valence-corrected chi connectivity index (χ1v) is 8.79. The van der Waals surface area contributed by atoms with Crippen molar-refractivity contribution < 1.29 is 23.1 Å². The van der Waals surface area contributed by atoms with E-state index in [1.54, 1.807) is 19.9 Å². The number of benzene rings is 1. The number of carbonyl (C=O) groups excluding carboxylic acids is 1. The Bertz CT molecular complexity index is 1360. The van der Waals surface area contributed by atoms with Crippen LogP contribution in [0.4, 0.5) is 19.0 Å². The number of fused-ring (bicyclic) bond motifs is 3. The van der Waals surface area contributed by atoms with Crippen LogP contribution in [0.5, 0.6) is 5.75 Å². The molecule has 154 valence electrons. The third kappa shape index (κ3) is 2.64. The molecule has 4 rings (SSSR count). The molecular formula is C20H16F3N5O2. The number of aryl methyl sites for hydroxylation is 1. The van der Waals surface area contributed by atoms with E-state index in [2.05, 4.69) is 9.97 Å². The Morgan fingerprint density at radius 1 is 1.20 bits per heavy atom. The molecule has 10 heteroatoms. The number of aromatic nitrogens is 3. The zero-order valence-electron chi connectivity index (χ0n) is 15.9. The molecule has 30 heavy (non-hydrogen) atoms. The molecule has 0 spiro atoms. The van der Waals surface area contributed by atoms with Crippen LogP contribution in [0.3, 0.4) is 0 Å². The van der Waals surface area contributed by atoms with Crippen LogP contribution in [-0.4, -0.2) is 25.5 Å². The first-order chi connectivity index (χ1) is 14.0.